The summed E-state index contributed by atoms with van der Waals surface area (Å²) in [4.78, 5) is 26.5. The molecule has 0 fully saturated rings. The van der Waals surface area contributed by atoms with E-state index in [4.69, 9.17) is 5.11 Å². The largest absolute Gasteiger partial charge is 0.476 e. The molecule has 94 valence electrons. The molecule has 0 atom stereocenters. The van der Waals surface area contributed by atoms with Crippen LogP contribution in [0.5, 0.6) is 0 Å². The molecule has 0 spiro atoms. The van der Waals surface area contributed by atoms with Gasteiger partial charge in [0.1, 0.15) is 9.88 Å². The Hall–Kier alpha value is -0.880. The van der Waals surface area contributed by atoms with Crippen molar-refractivity contribution in [3.63, 3.8) is 0 Å². The molecular formula is C11H15NO3S2. The number of aromatic carboxylic acids is 1. The van der Waals surface area contributed by atoms with Gasteiger partial charge in [-0.05, 0) is 0 Å². The molecule has 1 aromatic rings. The van der Waals surface area contributed by atoms with E-state index in [1.165, 1.54) is 18.3 Å². The fourth-order valence-electron chi connectivity index (χ4n) is 1.09. The van der Waals surface area contributed by atoms with Gasteiger partial charge in [-0.3, -0.25) is 4.79 Å². The van der Waals surface area contributed by atoms with E-state index in [1.807, 2.05) is 0 Å². The van der Waals surface area contributed by atoms with Crippen molar-refractivity contribution < 1.29 is 14.7 Å². The third-order valence-electron chi connectivity index (χ3n) is 1.82. The number of aromatic nitrogens is 1. The quantitative estimate of drug-likeness (QED) is 0.854. The Kier molecular flexibility index (Phi) is 4.32. The molecule has 0 bridgehead atoms. The maximum Gasteiger partial charge on any atom is 0.356 e. The number of rotatable bonds is 4. The number of Topliss-reactive ketones (excluding diaryl/α,β-unsaturated/α-hetero) is 1. The van der Waals surface area contributed by atoms with Crippen molar-refractivity contribution >= 4 is 34.9 Å². The fourth-order valence-corrected chi connectivity index (χ4v) is 2.87. The lowest BCUT2D eigenvalue weighted by Crippen LogP contribution is -2.07. The summed E-state index contributed by atoms with van der Waals surface area (Å²) in [5.74, 6) is -0.757. The lowest BCUT2D eigenvalue weighted by Gasteiger charge is -2.15. The highest BCUT2D eigenvalue weighted by molar-refractivity contribution is 7.99. The first-order chi connectivity index (χ1) is 7.70. The van der Waals surface area contributed by atoms with Crippen LogP contribution >= 0.6 is 23.1 Å². The van der Waals surface area contributed by atoms with Crippen LogP contribution < -0.4 is 0 Å². The summed E-state index contributed by atoms with van der Waals surface area (Å²) in [5, 5.41) is 9.63. The van der Waals surface area contributed by atoms with Crippen molar-refractivity contribution in [2.24, 2.45) is 0 Å². The summed E-state index contributed by atoms with van der Waals surface area (Å²) < 4.78 is 0.0887. The Bertz CT molecular complexity index is 415. The highest BCUT2D eigenvalue weighted by Gasteiger charge is 2.21. The Morgan fingerprint density at radius 2 is 2.00 bits per heavy atom. The highest BCUT2D eigenvalue weighted by Crippen LogP contribution is 2.30. The molecule has 0 aliphatic rings. The SMILES string of the molecule is CC(=O)c1sc(CSC(C)(C)C)nc1C(=O)O. The van der Waals surface area contributed by atoms with Crippen molar-refractivity contribution in [2.75, 3.05) is 0 Å². The van der Waals surface area contributed by atoms with Crippen molar-refractivity contribution in [3.8, 4) is 0 Å². The topological polar surface area (TPSA) is 67.3 Å². The van der Waals surface area contributed by atoms with Crippen LogP contribution in [0.4, 0.5) is 0 Å². The van der Waals surface area contributed by atoms with Crippen LogP contribution in [0.25, 0.3) is 0 Å². The summed E-state index contributed by atoms with van der Waals surface area (Å²) >= 11 is 2.85. The molecule has 0 saturated heterocycles. The number of carboxylic acids is 1. The Balaban J connectivity index is 2.93. The predicted octanol–water partition coefficient (Wildman–Crippen LogP) is 3.08. The van der Waals surface area contributed by atoms with Crippen molar-refractivity contribution in [3.05, 3.63) is 15.6 Å². The van der Waals surface area contributed by atoms with Gasteiger partial charge in [0.25, 0.3) is 0 Å². The summed E-state index contributed by atoms with van der Waals surface area (Å²) in [6, 6.07) is 0. The second-order valence-electron chi connectivity index (χ2n) is 4.55. The first-order valence-electron chi connectivity index (χ1n) is 5.08. The molecular weight excluding hydrogens is 258 g/mol. The predicted molar refractivity (Wildman–Crippen MR) is 70.1 cm³/mol. The molecule has 0 saturated carbocycles. The average molecular weight is 273 g/mol. The standard InChI is InChI=1S/C11H15NO3S2/c1-6(13)9-8(10(14)15)12-7(17-9)5-16-11(2,3)4/h5H2,1-4H3,(H,14,15). The van der Waals surface area contributed by atoms with E-state index < -0.39 is 5.97 Å². The monoisotopic (exact) mass is 273 g/mol. The van der Waals surface area contributed by atoms with Gasteiger partial charge in [-0.2, -0.15) is 0 Å². The first-order valence-corrected chi connectivity index (χ1v) is 6.89. The number of thiazole rings is 1. The second kappa shape index (κ2) is 5.18. The maximum atomic E-state index is 11.3. The van der Waals surface area contributed by atoms with Crippen molar-refractivity contribution in [1.82, 2.24) is 4.98 Å². The minimum absolute atomic E-state index is 0.0887. The lowest BCUT2D eigenvalue weighted by atomic mass is 10.3. The van der Waals surface area contributed by atoms with Crippen molar-refractivity contribution in [1.29, 1.82) is 0 Å². The zero-order valence-corrected chi connectivity index (χ0v) is 11.9. The fraction of sp³-hybridized carbons (Fsp3) is 0.545. The van der Waals surface area contributed by atoms with Gasteiger partial charge in [0.05, 0.1) is 0 Å². The van der Waals surface area contributed by atoms with E-state index in [-0.39, 0.29) is 21.1 Å². The molecule has 1 N–H and O–H groups in total. The first kappa shape index (κ1) is 14.2. The van der Waals surface area contributed by atoms with Gasteiger partial charge in [-0.1, -0.05) is 20.8 Å². The minimum Gasteiger partial charge on any atom is -0.476 e. The summed E-state index contributed by atoms with van der Waals surface area (Å²) in [6.07, 6.45) is 0. The Labute approximate surface area is 108 Å². The number of carbonyl (C=O) groups excluding carboxylic acids is 1. The number of nitrogens with zero attached hydrogens (tertiary/aromatic N) is 1. The van der Waals surface area contributed by atoms with E-state index in [9.17, 15) is 9.59 Å². The van der Waals surface area contributed by atoms with Gasteiger partial charge in [0, 0.05) is 17.4 Å². The van der Waals surface area contributed by atoms with E-state index in [0.29, 0.717) is 10.8 Å². The zero-order valence-electron chi connectivity index (χ0n) is 10.2. The number of ketones is 1. The number of carboxylic acid groups (broad SMARTS) is 1. The molecule has 1 rings (SSSR count). The van der Waals surface area contributed by atoms with E-state index in [1.54, 1.807) is 11.8 Å². The summed E-state index contributed by atoms with van der Waals surface area (Å²) in [7, 11) is 0. The van der Waals surface area contributed by atoms with Crippen LogP contribution in [0.2, 0.25) is 0 Å². The van der Waals surface area contributed by atoms with Crippen LogP contribution in [0.1, 0.15) is 52.9 Å². The Morgan fingerprint density at radius 3 is 2.35 bits per heavy atom. The lowest BCUT2D eigenvalue weighted by molar-refractivity contribution is 0.0687. The number of hydrogen-bond donors (Lipinski definition) is 1. The van der Waals surface area contributed by atoms with E-state index in [0.717, 1.165) is 0 Å². The number of carbonyl (C=O) groups is 2. The molecule has 0 radical (unpaired) electrons. The molecule has 0 amide bonds. The molecule has 0 unspecified atom stereocenters. The van der Waals surface area contributed by atoms with Gasteiger partial charge in [-0.15, -0.1) is 23.1 Å². The molecule has 0 aromatic carbocycles. The van der Waals surface area contributed by atoms with Gasteiger partial charge in [0.2, 0.25) is 0 Å². The van der Waals surface area contributed by atoms with Crippen molar-refractivity contribution in [2.45, 2.75) is 38.2 Å². The highest BCUT2D eigenvalue weighted by atomic mass is 32.2. The normalized spacial score (nSPS) is 11.5. The minimum atomic E-state index is -1.14. The van der Waals surface area contributed by atoms with E-state index >= 15 is 0 Å². The van der Waals surface area contributed by atoms with Crippen LogP contribution in [-0.4, -0.2) is 26.6 Å². The molecule has 0 aliphatic heterocycles. The van der Waals surface area contributed by atoms with Crippen LogP contribution in [0, 0.1) is 0 Å². The van der Waals surface area contributed by atoms with Crippen LogP contribution in [0.3, 0.4) is 0 Å². The molecule has 0 aliphatic carbocycles. The summed E-state index contributed by atoms with van der Waals surface area (Å²) in [6.45, 7) is 7.60. The number of hydrogen-bond acceptors (Lipinski definition) is 5. The van der Waals surface area contributed by atoms with Gasteiger partial charge >= 0.3 is 5.97 Å². The summed E-state index contributed by atoms with van der Waals surface area (Å²) in [5.41, 5.74) is -0.119. The van der Waals surface area contributed by atoms with Gasteiger partial charge < -0.3 is 5.11 Å². The smallest absolute Gasteiger partial charge is 0.356 e. The Morgan fingerprint density at radius 1 is 1.41 bits per heavy atom. The van der Waals surface area contributed by atoms with Gasteiger partial charge in [0.15, 0.2) is 11.5 Å². The molecule has 1 heterocycles. The molecule has 4 nitrogen and oxygen atoms in total. The van der Waals surface area contributed by atoms with Crippen LogP contribution in [0.15, 0.2) is 0 Å². The second-order valence-corrected chi connectivity index (χ2v) is 7.43. The molecule has 1 aromatic heterocycles. The third kappa shape index (κ3) is 4.12. The molecule has 17 heavy (non-hydrogen) atoms. The number of thioether (sulfide) groups is 1. The maximum absolute atomic E-state index is 11.3. The van der Waals surface area contributed by atoms with E-state index in [2.05, 4.69) is 25.8 Å². The third-order valence-corrected chi connectivity index (χ3v) is 4.45. The molecule has 6 heteroatoms. The average Bonchev–Trinajstić information content (AvgIpc) is 2.57. The van der Waals surface area contributed by atoms with Crippen LogP contribution in [-0.2, 0) is 5.75 Å². The zero-order chi connectivity index (χ0) is 13.2. The van der Waals surface area contributed by atoms with Gasteiger partial charge in [-0.25, -0.2) is 9.78 Å².